The Balaban J connectivity index is 2.39. The SMILES string of the molecule is COc1ccccc1C[Si](C)(C)O[Si](C)(O[Si](C)(C)CC[Si](C)(C)O[Si](C)(C)C)O[Si](C)(C)Cc1ccccc1OC(C)=O. The van der Waals surface area contributed by atoms with Crippen molar-refractivity contribution in [2.45, 2.75) is 110 Å². The molecule has 1 atom stereocenters. The molecule has 13 heteroatoms. The second-order valence-corrected chi connectivity index (χ2v) is 40.3. The zero-order valence-corrected chi connectivity index (χ0v) is 35.8. The summed E-state index contributed by atoms with van der Waals surface area (Å²) in [6.07, 6.45) is 0. The first-order valence-electron chi connectivity index (χ1n) is 15.6. The number of methoxy groups -OCH3 is 1. The van der Waals surface area contributed by atoms with Crippen LogP contribution in [-0.4, -0.2) is 63.5 Å². The van der Waals surface area contributed by atoms with Crippen LogP contribution >= 0.6 is 0 Å². The Bertz CT molecular complexity index is 1250. The molecule has 248 valence electrons. The number of carbonyl (C=O) groups excluding carboxylic acids is 1. The second-order valence-electron chi connectivity index (χ2n) is 15.3. The Morgan fingerprint density at radius 1 is 0.568 bits per heavy atom. The minimum atomic E-state index is -3.16. The summed E-state index contributed by atoms with van der Waals surface area (Å²) in [5.41, 5.74) is 2.11. The topological polar surface area (TPSA) is 72.5 Å². The van der Waals surface area contributed by atoms with Crippen LogP contribution in [0.4, 0.5) is 0 Å². The maximum absolute atomic E-state index is 11.8. The van der Waals surface area contributed by atoms with Gasteiger partial charge in [0.1, 0.15) is 11.5 Å². The number of carbonyl (C=O) groups is 1. The minimum absolute atomic E-state index is 0.329. The third-order valence-electron chi connectivity index (χ3n) is 6.95. The van der Waals surface area contributed by atoms with Gasteiger partial charge in [-0.15, -0.1) is 0 Å². The molecular formula is C31H58O7Si6. The highest BCUT2D eigenvalue weighted by Crippen LogP contribution is 2.34. The average molecular weight is 711 g/mol. The van der Waals surface area contributed by atoms with E-state index >= 15 is 0 Å². The zero-order chi connectivity index (χ0) is 33.6. The van der Waals surface area contributed by atoms with Crippen LogP contribution in [0.25, 0.3) is 0 Å². The van der Waals surface area contributed by atoms with Crippen molar-refractivity contribution in [3.05, 3.63) is 59.7 Å². The number of rotatable bonds is 17. The van der Waals surface area contributed by atoms with E-state index in [0.29, 0.717) is 11.8 Å². The van der Waals surface area contributed by atoms with E-state index in [1.54, 1.807) is 7.11 Å². The predicted octanol–water partition coefficient (Wildman–Crippen LogP) is 8.77. The lowest BCUT2D eigenvalue weighted by atomic mass is 10.2. The molecule has 44 heavy (non-hydrogen) atoms. The summed E-state index contributed by atoms with van der Waals surface area (Å²) in [6, 6.07) is 19.4. The lowest BCUT2D eigenvalue weighted by molar-refractivity contribution is -0.131. The van der Waals surface area contributed by atoms with Gasteiger partial charge >= 0.3 is 14.8 Å². The van der Waals surface area contributed by atoms with Crippen LogP contribution < -0.4 is 9.47 Å². The molecule has 0 bridgehead atoms. The minimum Gasteiger partial charge on any atom is -0.496 e. The van der Waals surface area contributed by atoms with Crippen LogP contribution in [0.1, 0.15) is 18.1 Å². The molecule has 0 radical (unpaired) electrons. The van der Waals surface area contributed by atoms with Crippen molar-refractivity contribution in [2.75, 3.05) is 7.11 Å². The van der Waals surface area contributed by atoms with Gasteiger partial charge in [0, 0.05) is 13.5 Å². The van der Waals surface area contributed by atoms with E-state index in [0.717, 1.165) is 35.0 Å². The maximum atomic E-state index is 11.8. The number of para-hydroxylation sites is 2. The molecule has 1 unspecified atom stereocenters. The van der Waals surface area contributed by atoms with E-state index in [2.05, 4.69) is 84.6 Å². The molecule has 0 aromatic heterocycles. The first-order valence-corrected chi connectivity index (χ1v) is 33.7. The fourth-order valence-corrected chi connectivity index (χ4v) is 34.8. The van der Waals surface area contributed by atoms with Gasteiger partial charge in [0.05, 0.1) is 7.11 Å². The molecule has 7 nitrogen and oxygen atoms in total. The van der Waals surface area contributed by atoms with E-state index in [1.807, 2.05) is 42.5 Å². The number of hydrogen-bond donors (Lipinski definition) is 0. The van der Waals surface area contributed by atoms with E-state index in [9.17, 15) is 4.79 Å². The molecule has 0 N–H and O–H groups in total. The highest BCUT2D eigenvalue weighted by molar-refractivity contribution is 6.91. The van der Waals surface area contributed by atoms with Gasteiger partial charge in [0.25, 0.3) is 0 Å². The summed E-state index contributed by atoms with van der Waals surface area (Å²) in [5, 5.41) is 0. The molecule has 0 fully saturated rings. The van der Waals surface area contributed by atoms with Crippen molar-refractivity contribution in [3.8, 4) is 11.5 Å². The normalized spacial score (nSPS) is 14.7. The third-order valence-corrected chi connectivity index (χ3v) is 28.6. The smallest absolute Gasteiger partial charge is 0.466 e. The van der Waals surface area contributed by atoms with Gasteiger partial charge in [0.2, 0.25) is 0 Å². The summed E-state index contributed by atoms with van der Waals surface area (Å²) in [7, 11) is -11.9. The van der Waals surface area contributed by atoms with Crippen molar-refractivity contribution >= 4 is 56.4 Å². The molecular weight excluding hydrogens is 653 g/mol. The summed E-state index contributed by atoms with van der Waals surface area (Å²) < 4.78 is 39.5. The number of esters is 1. The molecule has 0 saturated heterocycles. The van der Waals surface area contributed by atoms with Crippen LogP contribution in [0.15, 0.2) is 48.5 Å². The van der Waals surface area contributed by atoms with E-state index in [1.165, 1.54) is 6.92 Å². The van der Waals surface area contributed by atoms with Crippen LogP contribution in [0.2, 0.25) is 90.7 Å². The van der Waals surface area contributed by atoms with Crippen molar-refractivity contribution in [1.29, 1.82) is 0 Å². The largest absolute Gasteiger partial charge is 0.496 e. The van der Waals surface area contributed by atoms with E-state index < -0.39 is 50.4 Å². The van der Waals surface area contributed by atoms with Gasteiger partial charge in [-0.05, 0) is 119 Å². The van der Waals surface area contributed by atoms with Crippen LogP contribution in [0.5, 0.6) is 11.5 Å². The Labute approximate surface area is 274 Å². The highest BCUT2D eigenvalue weighted by atomic mass is 28.5. The Hall–Kier alpha value is -1.15. The van der Waals surface area contributed by atoms with E-state index in [-0.39, 0.29) is 5.97 Å². The molecule has 2 aromatic carbocycles. The monoisotopic (exact) mass is 710 g/mol. The van der Waals surface area contributed by atoms with Gasteiger partial charge in [-0.1, -0.05) is 36.4 Å². The fourth-order valence-electron chi connectivity index (χ4n) is 5.84. The molecule has 0 spiro atoms. The van der Waals surface area contributed by atoms with Crippen LogP contribution in [-0.2, 0) is 33.3 Å². The van der Waals surface area contributed by atoms with Gasteiger partial charge in [-0.2, -0.15) is 0 Å². The van der Waals surface area contributed by atoms with Gasteiger partial charge in [-0.3, -0.25) is 4.79 Å². The Kier molecular flexibility index (Phi) is 13.5. The van der Waals surface area contributed by atoms with Crippen LogP contribution in [0, 0.1) is 0 Å². The lowest BCUT2D eigenvalue weighted by Gasteiger charge is -2.44. The summed E-state index contributed by atoms with van der Waals surface area (Å²) in [6.45, 7) is 28.5. The zero-order valence-electron chi connectivity index (χ0n) is 29.8. The molecule has 0 aliphatic heterocycles. The van der Waals surface area contributed by atoms with Gasteiger partial charge in [-0.25, -0.2) is 0 Å². The Morgan fingerprint density at radius 2 is 0.955 bits per heavy atom. The lowest BCUT2D eigenvalue weighted by Crippen LogP contribution is -2.61. The average Bonchev–Trinajstić information content (AvgIpc) is 2.81. The fraction of sp³-hybridized carbons (Fsp3) is 0.581. The quantitative estimate of drug-likeness (QED) is 0.0924. The summed E-state index contributed by atoms with van der Waals surface area (Å²) in [4.78, 5) is 11.8. The van der Waals surface area contributed by atoms with Crippen molar-refractivity contribution in [1.82, 2.24) is 0 Å². The third kappa shape index (κ3) is 14.1. The summed E-state index contributed by atoms with van der Waals surface area (Å²) in [5.74, 6) is 1.14. The first-order chi connectivity index (χ1) is 19.9. The Morgan fingerprint density at radius 3 is 1.39 bits per heavy atom. The second kappa shape index (κ2) is 15.2. The predicted molar refractivity (Wildman–Crippen MR) is 197 cm³/mol. The van der Waals surface area contributed by atoms with Crippen LogP contribution in [0.3, 0.4) is 0 Å². The van der Waals surface area contributed by atoms with Gasteiger partial charge < -0.3 is 25.9 Å². The summed E-state index contributed by atoms with van der Waals surface area (Å²) >= 11 is 0. The van der Waals surface area contributed by atoms with Gasteiger partial charge in [0.15, 0.2) is 41.6 Å². The molecule has 0 heterocycles. The molecule has 0 saturated carbocycles. The highest BCUT2D eigenvalue weighted by Gasteiger charge is 2.49. The first kappa shape index (κ1) is 39.0. The molecule has 0 aliphatic carbocycles. The number of hydrogen-bond acceptors (Lipinski definition) is 7. The van der Waals surface area contributed by atoms with E-state index in [4.69, 9.17) is 25.9 Å². The van der Waals surface area contributed by atoms with Crippen molar-refractivity contribution < 1.29 is 30.7 Å². The molecule has 2 rings (SSSR count). The number of ether oxygens (including phenoxy) is 2. The molecule has 0 amide bonds. The van der Waals surface area contributed by atoms with Crippen molar-refractivity contribution in [3.63, 3.8) is 0 Å². The van der Waals surface area contributed by atoms with Crippen molar-refractivity contribution in [2.24, 2.45) is 0 Å². The maximum Gasteiger partial charge on any atom is 0.466 e. The standard InChI is InChI=1S/C31H58O7Si6/c1-27(32)34-31-22-18-16-20-29(31)26-43(12,13)38-44(14,36-41(8,9)24-23-40(6,7)35-39(3,4)5)37-42(10,11)25-28-19-15-17-21-30(28)33-2/h15-22H,23-26H2,1-14H3. The molecule has 0 aliphatic rings. The number of benzene rings is 2. The molecule has 2 aromatic rings.